The zero-order chi connectivity index (χ0) is 19.9. The molecule has 156 valence electrons. The van der Waals surface area contributed by atoms with E-state index in [9.17, 15) is 0 Å². The average Bonchev–Trinajstić information content (AvgIpc) is 3.17. The Bertz CT molecular complexity index is 774. The van der Waals surface area contributed by atoms with Gasteiger partial charge in [0.05, 0.1) is 5.00 Å². The predicted molar refractivity (Wildman–Crippen MR) is 123 cm³/mol. The lowest BCUT2D eigenvalue weighted by atomic mass is 10.2. The lowest BCUT2D eigenvalue weighted by Crippen LogP contribution is -2.52. The fourth-order valence-corrected chi connectivity index (χ4v) is 4.93. The minimum atomic E-state index is 0.779. The molecule has 0 aliphatic carbocycles. The smallest absolute Gasteiger partial charge is 0.194 e. The summed E-state index contributed by atoms with van der Waals surface area (Å²) in [6, 6.07) is 8.68. The second-order valence-electron chi connectivity index (χ2n) is 7.75. The molecule has 4 heterocycles. The molecule has 2 aromatic rings. The first-order chi connectivity index (χ1) is 14.3. The molecule has 2 saturated heterocycles. The number of nitrogens with zero attached hydrogens (tertiary/aromatic N) is 5. The summed E-state index contributed by atoms with van der Waals surface area (Å²) in [5, 5.41) is 7.08. The highest BCUT2D eigenvalue weighted by Gasteiger charge is 2.20. The number of nitrogens with one attached hydrogen (secondary N) is 1. The number of guanidine groups is 1. The van der Waals surface area contributed by atoms with E-state index in [-0.39, 0.29) is 0 Å². The summed E-state index contributed by atoms with van der Waals surface area (Å²) in [6.07, 6.45) is 7.17. The summed E-state index contributed by atoms with van der Waals surface area (Å²) in [5.74, 6) is 2.11. The Morgan fingerprint density at radius 2 is 1.83 bits per heavy atom. The molecule has 29 heavy (non-hydrogen) atoms. The zero-order valence-electron chi connectivity index (χ0n) is 17.4. The number of anilines is 2. The Balaban J connectivity index is 1.31. The Kier molecular flexibility index (Phi) is 6.87. The molecule has 1 N–H and O–H groups in total. The first kappa shape index (κ1) is 20.0. The second kappa shape index (κ2) is 9.96. The van der Waals surface area contributed by atoms with Crippen molar-refractivity contribution in [2.45, 2.75) is 32.2 Å². The van der Waals surface area contributed by atoms with Crippen LogP contribution in [0.1, 0.15) is 31.2 Å². The van der Waals surface area contributed by atoms with E-state index in [4.69, 9.17) is 0 Å². The number of aromatic nitrogens is 1. The molecule has 7 heteroatoms. The minimum Gasteiger partial charge on any atom is -0.360 e. The van der Waals surface area contributed by atoms with Crippen LogP contribution in [0.3, 0.4) is 0 Å². The summed E-state index contributed by atoms with van der Waals surface area (Å²) < 4.78 is 0. The minimum absolute atomic E-state index is 0.779. The van der Waals surface area contributed by atoms with Gasteiger partial charge in [0.2, 0.25) is 0 Å². The highest BCUT2D eigenvalue weighted by molar-refractivity contribution is 7.14. The first-order valence-electron chi connectivity index (χ1n) is 10.8. The third-order valence-electron chi connectivity index (χ3n) is 5.80. The maximum atomic E-state index is 4.63. The standard InChI is InChI=1S/C22H32N6S/c1-23-22(28-14-12-27(13-15-28)21-7-6-16-29-21)25-18-19-8-9-24-20(17-19)26-10-4-2-3-5-11-26/h6-9,16-17H,2-5,10-15,18H2,1H3,(H,23,25). The van der Waals surface area contributed by atoms with Gasteiger partial charge in [0.15, 0.2) is 5.96 Å². The summed E-state index contributed by atoms with van der Waals surface area (Å²) in [7, 11) is 1.88. The van der Waals surface area contributed by atoms with Crippen molar-refractivity contribution in [3.05, 3.63) is 41.4 Å². The van der Waals surface area contributed by atoms with Crippen LogP contribution in [-0.2, 0) is 6.54 Å². The van der Waals surface area contributed by atoms with E-state index in [2.05, 4.69) is 59.6 Å². The summed E-state index contributed by atoms with van der Waals surface area (Å²) in [6.45, 7) is 7.09. The van der Waals surface area contributed by atoms with Crippen LogP contribution in [0.2, 0.25) is 0 Å². The van der Waals surface area contributed by atoms with Gasteiger partial charge < -0.3 is 20.0 Å². The van der Waals surface area contributed by atoms with Gasteiger partial charge in [-0.1, -0.05) is 12.8 Å². The van der Waals surface area contributed by atoms with Crippen molar-refractivity contribution >= 4 is 28.1 Å². The maximum absolute atomic E-state index is 4.63. The molecule has 6 nitrogen and oxygen atoms in total. The third kappa shape index (κ3) is 5.21. The van der Waals surface area contributed by atoms with Gasteiger partial charge in [-0.05, 0) is 48.1 Å². The van der Waals surface area contributed by atoms with Crippen LogP contribution in [-0.4, -0.2) is 62.2 Å². The maximum Gasteiger partial charge on any atom is 0.194 e. The molecular weight excluding hydrogens is 380 g/mol. The second-order valence-corrected chi connectivity index (χ2v) is 8.68. The first-order valence-corrected chi connectivity index (χ1v) is 11.7. The zero-order valence-corrected chi connectivity index (χ0v) is 18.2. The Hall–Kier alpha value is -2.28. The molecule has 0 unspecified atom stereocenters. The lowest BCUT2D eigenvalue weighted by molar-refractivity contribution is 0.373. The number of pyridine rings is 1. The SMILES string of the molecule is CN=C(NCc1ccnc(N2CCCCCC2)c1)N1CCN(c2cccs2)CC1. The Morgan fingerprint density at radius 3 is 2.52 bits per heavy atom. The van der Waals surface area contributed by atoms with Crippen molar-refractivity contribution in [3.8, 4) is 0 Å². The molecule has 2 aliphatic rings. The molecule has 2 aliphatic heterocycles. The largest absolute Gasteiger partial charge is 0.360 e. The normalized spacial score (nSPS) is 18.7. The number of hydrogen-bond acceptors (Lipinski definition) is 5. The molecule has 0 spiro atoms. The van der Waals surface area contributed by atoms with Crippen LogP contribution >= 0.6 is 11.3 Å². The topological polar surface area (TPSA) is 47.0 Å². The van der Waals surface area contributed by atoms with Crippen molar-refractivity contribution in [1.29, 1.82) is 0 Å². The van der Waals surface area contributed by atoms with E-state index in [0.29, 0.717) is 0 Å². The molecule has 0 radical (unpaired) electrons. The van der Waals surface area contributed by atoms with E-state index >= 15 is 0 Å². The highest BCUT2D eigenvalue weighted by atomic mass is 32.1. The van der Waals surface area contributed by atoms with Gasteiger partial charge in [-0.25, -0.2) is 4.98 Å². The molecule has 0 atom stereocenters. The molecule has 0 saturated carbocycles. The molecule has 0 amide bonds. The van der Waals surface area contributed by atoms with Gasteiger partial charge in [-0.2, -0.15) is 0 Å². The molecule has 0 bridgehead atoms. The Morgan fingerprint density at radius 1 is 1.03 bits per heavy atom. The average molecular weight is 413 g/mol. The molecule has 4 rings (SSSR count). The van der Waals surface area contributed by atoms with Gasteiger partial charge in [0, 0.05) is 59.1 Å². The van der Waals surface area contributed by atoms with E-state index in [1.807, 2.05) is 24.6 Å². The van der Waals surface area contributed by atoms with Crippen LogP contribution in [0.15, 0.2) is 40.8 Å². The summed E-state index contributed by atoms with van der Waals surface area (Å²) in [4.78, 5) is 16.4. The van der Waals surface area contributed by atoms with Gasteiger partial charge in [-0.3, -0.25) is 4.99 Å². The van der Waals surface area contributed by atoms with Crippen LogP contribution in [0, 0.1) is 0 Å². The molecular formula is C22H32N6S. The predicted octanol–water partition coefficient (Wildman–Crippen LogP) is 3.42. The van der Waals surface area contributed by atoms with Crippen molar-refractivity contribution in [2.75, 3.05) is 56.1 Å². The third-order valence-corrected chi connectivity index (χ3v) is 6.73. The molecule has 2 fully saturated rings. The molecule has 2 aromatic heterocycles. The Labute approximate surface area is 178 Å². The van der Waals surface area contributed by atoms with E-state index in [0.717, 1.165) is 57.6 Å². The van der Waals surface area contributed by atoms with Crippen LogP contribution in [0.5, 0.6) is 0 Å². The number of rotatable bonds is 4. The number of piperazine rings is 1. The summed E-state index contributed by atoms with van der Waals surface area (Å²) in [5.41, 5.74) is 1.26. The summed E-state index contributed by atoms with van der Waals surface area (Å²) >= 11 is 1.82. The fourth-order valence-electron chi connectivity index (χ4n) is 4.15. The van der Waals surface area contributed by atoms with E-state index < -0.39 is 0 Å². The lowest BCUT2D eigenvalue weighted by Gasteiger charge is -2.37. The van der Waals surface area contributed by atoms with Crippen molar-refractivity contribution in [2.24, 2.45) is 4.99 Å². The van der Waals surface area contributed by atoms with Gasteiger partial charge >= 0.3 is 0 Å². The number of aliphatic imine (C=N–C) groups is 1. The van der Waals surface area contributed by atoms with E-state index in [1.165, 1.54) is 36.2 Å². The van der Waals surface area contributed by atoms with Crippen molar-refractivity contribution in [1.82, 2.24) is 15.2 Å². The quantitative estimate of drug-likeness (QED) is 0.616. The van der Waals surface area contributed by atoms with Crippen molar-refractivity contribution in [3.63, 3.8) is 0 Å². The number of thiophene rings is 1. The van der Waals surface area contributed by atoms with Crippen LogP contribution in [0.4, 0.5) is 10.8 Å². The van der Waals surface area contributed by atoms with Gasteiger partial charge in [0.1, 0.15) is 5.82 Å². The van der Waals surface area contributed by atoms with Crippen molar-refractivity contribution < 1.29 is 0 Å². The highest BCUT2D eigenvalue weighted by Crippen LogP contribution is 2.22. The van der Waals surface area contributed by atoms with E-state index in [1.54, 1.807) is 0 Å². The monoisotopic (exact) mass is 412 g/mol. The molecule has 0 aromatic carbocycles. The fraction of sp³-hybridized carbons (Fsp3) is 0.545. The van der Waals surface area contributed by atoms with Gasteiger partial charge in [-0.15, -0.1) is 11.3 Å². The van der Waals surface area contributed by atoms with Gasteiger partial charge in [0.25, 0.3) is 0 Å². The van der Waals surface area contributed by atoms with Crippen LogP contribution in [0.25, 0.3) is 0 Å². The number of hydrogen-bond donors (Lipinski definition) is 1. The van der Waals surface area contributed by atoms with Crippen LogP contribution < -0.4 is 15.1 Å².